The van der Waals surface area contributed by atoms with Gasteiger partial charge in [0, 0.05) is 5.54 Å². The minimum atomic E-state index is 0.0984. The smallest absolute Gasteiger partial charge is 0.0182 e. The van der Waals surface area contributed by atoms with Gasteiger partial charge in [0.1, 0.15) is 0 Å². The largest absolute Gasteiger partial charge is 0.325 e. The van der Waals surface area contributed by atoms with E-state index in [0.717, 1.165) is 5.92 Å². The predicted molar refractivity (Wildman–Crippen MR) is 167 cm³/mol. The Kier molecular flexibility index (Phi) is 27.9. The first kappa shape index (κ1) is 36.0. The summed E-state index contributed by atoms with van der Waals surface area (Å²) in [6, 6.07) is 0. The molecule has 0 radical (unpaired) electrons. The van der Waals surface area contributed by atoms with Gasteiger partial charge >= 0.3 is 0 Å². The fourth-order valence-electron chi connectivity index (χ4n) is 6.24. The second kappa shape index (κ2) is 28.0. The summed E-state index contributed by atoms with van der Waals surface area (Å²) in [5, 5.41) is 0. The lowest BCUT2D eigenvalue weighted by atomic mass is 9.72. The molecule has 0 saturated heterocycles. The van der Waals surface area contributed by atoms with Crippen LogP contribution in [0.1, 0.15) is 214 Å². The van der Waals surface area contributed by atoms with Crippen LogP contribution in [0.25, 0.3) is 0 Å². The first-order valence-corrected chi connectivity index (χ1v) is 17.4. The molecule has 0 bridgehead atoms. The van der Waals surface area contributed by atoms with E-state index in [4.69, 9.17) is 5.73 Å². The Labute approximate surface area is 230 Å². The van der Waals surface area contributed by atoms with Gasteiger partial charge in [-0.05, 0) is 31.6 Å². The predicted octanol–water partition coefficient (Wildman–Crippen LogP) is 12.7. The summed E-state index contributed by atoms with van der Waals surface area (Å²) in [7, 11) is 0. The quantitative estimate of drug-likeness (QED) is 0.0961. The summed E-state index contributed by atoms with van der Waals surface area (Å²) in [6.07, 6.45) is 40.5. The van der Waals surface area contributed by atoms with Crippen LogP contribution >= 0.6 is 0 Å². The van der Waals surface area contributed by atoms with Gasteiger partial charge in [-0.3, -0.25) is 0 Å². The van der Waals surface area contributed by atoms with Gasteiger partial charge in [-0.1, -0.05) is 188 Å². The molecule has 1 atom stereocenters. The van der Waals surface area contributed by atoms with Gasteiger partial charge in [-0.15, -0.1) is 0 Å². The van der Waals surface area contributed by atoms with Crippen molar-refractivity contribution in [3.8, 4) is 0 Å². The fourth-order valence-corrected chi connectivity index (χ4v) is 6.24. The molecule has 218 valence electrons. The summed E-state index contributed by atoms with van der Waals surface area (Å²) in [5.74, 6) is 0.755. The molecule has 0 spiro atoms. The van der Waals surface area contributed by atoms with Crippen molar-refractivity contribution in [3.05, 3.63) is 0 Å². The Balaban J connectivity index is 4.90. The van der Waals surface area contributed by atoms with Crippen molar-refractivity contribution in [1.82, 2.24) is 0 Å². The van der Waals surface area contributed by atoms with E-state index < -0.39 is 0 Å². The standard InChI is InChI=1S/C35H73N/c1-5-9-13-17-21-23-27-31-34(30-26-22-18-14-10-6-2)35(36,32-28-24-19-15-11-7-3)33-29-25-20-16-12-8-4/h34H,5-33,36H2,1-4H3. The highest BCUT2D eigenvalue weighted by molar-refractivity contribution is 4.91. The molecule has 0 fully saturated rings. The average molecular weight is 508 g/mol. The zero-order valence-corrected chi connectivity index (χ0v) is 26.2. The van der Waals surface area contributed by atoms with Gasteiger partial charge in [0.25, 0.3) is 0 Å². The van der Waals surface area contributed by atoms with E-state index in [1.54, 1.807) is 0 Å². The first-order valence-electron chi connectivity index (χ1n) is 17.4. The minimum absolute atomic E-state index is 0.0984. The minimum Gasteiger partial charge on any atom is -0.325 e. The van der Waals surface area contributed by atoms with Crippen LogP contribution < -0.4 is 5.73 Å². The maximum atomic E-state index is 7.47. The molecule has 0 aromatic heterocycles. The molecular weight excluding hydrogens is 434 g/mol. The Morgan fingerprint density at radius 1 is 0.361 bits per heavy atom. The Bertz CT molecular complexity index is 387. The van der Waals surface area contributed by atoms with Gasteiger partial charge in [-0.2, -0.15) is 0 Å². The molecular formula is C35H73N. The molecule has 0 rings (SSSR count). The van der Waals surface area contributed by atoms with Gasteiger partial charge in [-0.25, -0.2) is 0 Å². The topological polar surface area (TPSA) is 26.0 Å². The van der Waals surface area contributed by atoms with Crippen LogP contribution in [0.5, 0.6) is 0 Å². The Morgan fingerprint density at radius 3 is 0.917 bits per heavy atom. The van der Waals surface area contributed by atoms with Crippen molar-refractivity contribution in [3.63, 3.8) is 0 Å². The highest BCUT2D eigenvalue weighted by Gasteiger charge is 2.33. The van der Waals surface area contributed by atoms with E-state index in [9.17, 15) is 0 Å². The molecule has 1 heteroatoms. The lowest BCUT2D eigenvalue weighted by Crippen LogP contribution is -2.47. The number of hydrogen-bond acceptors (Lipinski definition) is 1. The van der Waals surface area contributed by atoms with Gasteiger partial charge in [0.2, 0.25) is 0 Å². The lowest BCUT2D eigenvalue weighted by Gasteiger charge is -2.39. The zero-order chi connectivity index (χ0) is 26.6. The summed E-state index contributed by atoms with van der Waals surface area (Å²) in [5.41, 5.74) is 7.57. The molecule has 0 aliphatic rings. The van der Waals surface area contributed by atoms with E-state index in [1.807, 2.05) is 0 Å². The molecule has 1 unspecified atom stereocenters. The normalized spacial score (nSPS) is 12.9. The molecule has 0 aliphatic heterocycles. The molecule has 0 aromatic rings. The summed E-state index contributed by atoms with van der Waals surface area (Å²) in [6.45, 7) is 9.29. The van der Waals surface area contributed by atoms with E-state index in [-0.39, 0.29) is 5.54 Å². The number of rotatable bonds is 30. The third-order valence-corrected chi connectivity index (χ3v) is 8.87. The van der Waals surface area contributed by atoms with Crippen molar-refractivity contribution in [2.45, 2.75) is 219 Å². The van der Waals surface area contributed by atoms with Crippen molar-refractivity contribution < 1.29 is 0 Å². The van der Waals surface area contributed by atoms with Gasteiger partial charge < -0.3 is 5.73 Å². The number of unbranched alkanes of at least 4 members (excludes halogenated alkanes) is 21. The van der Waals surface area contributed by atoms with Crippen molar-refractivity contribution in [1.29, 1.82) is 0 Å². The van der Waals surface area contributed by atoms with Crippen LogP contribution in [0, 0.1) is 5.92 Å². The highest BCUT2D eigenvalue weighted by atomic mass is 14.8. The summed E-state index contributed by atoms with van der Waals surface area (Å²) in [4.78, 5) is 0. The molecule has 36 heavy (non-hydrogen) atoms. The second-order valence-electron chi connectivity index (χ2n) is 12.4. The van der Waals surface area contributed by atoms with Crippen molar-refractivity contribution in [2.24, 2.45) is 11.7 Å². The fraction of sp³-hybridized carbons (Fsp3) is 1.00. The SMILES string of the molecule is CCCCCCCCCC(CCCCCCCC)C(N)(CCCCCCCC)CCCCCCCC. The highest BCUT2D eigenvalue weighted by Crippen LogP contribution is 2.35. The van der Waals surface area contributed by atoms with E-state index in [1.165, 1.54) is 186 Å². The zero-order valence-electron chi connectivity index (χ0n) is 26.2. The first-order chi connectivity index (χ1) is 17.6. The third-order valence-electron chi connectivity index (χ3n) is 8.87. The molecule has 0 aromatic carbocycles. The molecule has 0 heterocycles. The maximum absolute atomic E-state index is 7.47. The van der Waals surface area contributed by atoms with E-state index in [0.29, 0.717) is 0 Å². The lowest BCUT2D eigenvalue weighted by molar-refractivity contribution is 0.189. The summed E-state index contributed by atoms with van der Waals surface area (Å²) < 4.78 is 0. The van der Waals surface area contributed by atoms with E-state index >= 15 is 0 Å². The van der Waals surface area contributed by atoms with E-state index in [2.05, 4.69) is 27.7 Å². The van der Waals surface area contributed by atoms with Crippen LogP contribution in [0.15, 0.2) is 0 Å². The van der Waals surface area contributed by atoms with Crippen molar-refractivity contribution >= 4 is 0 Å². The maximum Gasteiger partial charge on any atom is 0.0182 e. The second-order valence-corrected chi connectivity index (χ2v) is 12.4. The Morgan fingerprint density at radius 2 is 0.611 bits per heavy atom. The van der Waals surface area contributed by atoms with Crippen LogP contribution in [0.2, 0.25) is 0 Å². The monoisotopic (exact) mass is 508 g/mol. The third kappa shape index (κ3) is 22.0. The number of hydrogen-bond donors (Lipinski definition) is 1. The molecule has 0 amide bonds. The van der Waals surface area contributed by atoms with Crippen LogP contribution in [0.3, 0.4) is 0 Å². The van der Waals surface area contributed by atoms with Crippen molar-refractivity contribution in [2.75, 3.05) is 0 Å². The van der Waals surface area contributed by atoms with Gasteiger partial charge in [0.15, 0.2) is 0 Å². The average Bonchev–Trinajstić information content (AvgIpc) is 2.88. The molecule has 0 saturated carbocycles. The van der Waals surface area contributed by atoms with Gasteiger partial charge in [0.05, 0.1) is 0 Å². The summed E-state index contributed by atoms with van der Waals surface area (Å²) >= 11 is 0. The van der Waals surface area contributed by atoms with Crippen LogP contribution in [0.4, 0.5) is 0 Å². The Hall–Kier alpha value is -0.0400. The molecule has 0 aliphatic carbocycles. The molecule has 1 nitrogen and oxygen atoms in total. The molecule has 2 N–H and O–H groups in total. The van der Waals surface area contributed by atoms with Crippen LogP contribution in [-0.2, 0) is 0 Å². The van der Waals surface area contributed by atoms with Crippen LogP contribution in [-0.4, -0.2) is 5.54 Å². The number of nitrogens with two attached hydrogens (primary N) is 1.